The second-order valence-corrected chi connectivity index (χ2v) is 24.8. The van der Waals surface area contributed by atoms with Gasteiger partial charge in [-0.1, -0.05) is 133 Å². The minimum Gasteiger partial charge on any atom is -1.00 e. The average molecular weight is 797 g/mol. The normalized spacial score (nSPS) is 13.1. The van der Waals surface area contributed by atoms with E-state index in [1.165, 1.54) is 92.6 Å². The van der Waals surface area contributed by atoms with E-state index in [1.54, 1.807) is 28.9 Å². The number of rotatable bonds is 4. The molecular formula is C46H54Cl2SiZr-2. The van der Waals surface area contributed by atoms with Crippen molar-refractivity contribution in [2.75, 3.05) is 0 Å². The Morgan fingerprint density at radius 1 is 0.680 bits per heavy atom. The first-order valence-corrected chi connectivity index (χ1v) is 24.2. The second kappa shape index (κ2) is 19.0. The molecule has 4 heteroatoms. The van der Waals surface area contributed by atoms with Gasteiger partial charge in [-0.25, -0.2) is 0 Å². The van der Waals surface area contributed by atoms with Crippen molar-refractivity contribution in [3.63, 3.8) is 0 Å². The monoisotopic (exact) mass is 794 g/mol. The summed E-state index contributed by atoms with van der Waals surface area (Å²) in [6.45, 7) is 18.0. The third-order valence-corrected chi connectivity index (χ3v) is 9.69. The van der Waals surface area contributed by atoms with Gasteiger partial charge in [0.05, 0.1) is 0 Å². The Morgan fingerprint density at radius 3 is 1.66 bits per heavy atom. The van der Waals surface area contributed by atoms with Crippen LogP contribution in [0.1, 0.15) is 101 Å². The summed E-state index contributed by atoms with van der Waals surface area (Å²) in [6, 6.07) is 40.9. The quantitative estimate of drug-likeness (QED) is 0.125. The summed E-state index contributed by atoms with van der Waals surface area (Å²) >= 11 is 1.74. The number of hydrogen-bond donors (Lipinski definition) is 0. The first-order valence-electron chi connectivity index (χ1n) is 18.0. The molecule has 0 saturated heterocycles. The molecule has 50 heavy (non-hydrogen) atoms. The molecule has 0 heterocycles. The SMILES string of the molecule is CC(C)c1ccc(-c2cccc3[cH-]c(C4CCCCC4)cc23)cc1.C[Si](C)=[Zr+2].Cc1cc2c(-c3ccc(C(C)(C)C)cc3)cccc2[cH-]1.[Cl-].[Cl-]. The number of fused-ring (bicyclic) bond motifs is 2. The molecule has 0 radical (unpaired) electrons. The molecule has 0 nitrogen and oxygen atoms in total. The predicted octanol–water partition coefficient (Wildman–Crippen LogP) is 8.02. The third-order valence-electron chi connectivity index (χ3n) is 9.69. The molecule has 1 aliphatic rings. The Labute approximate surface area is 330 Å². The fraction of sp³-hybridized carbons (Fsp3) is 0.348. The van der Waals surface area contributed by atoms with E-state index in [0.29, 0.717) is 5.92 Å². The number of aryl methyl sites for hydroxylation is 1. The zero-order valence-corrected chi connectivity index (χ0v) is 36.3. The standard InChI is InChI=1S/C24H27.C20H21.C2H6Si.2ClH.Zr/c1-17(2)18-11-13-20(14-12-18)23-10-6-9-21-15-22(16-24(21)23)19-7-4-3-5-8-19;1-14-12-16-6-5-7-18(19(16)13-14)15-8-10-17(11-9-15)20(2,3)4;1-3-2;;;/h6,9-17,19H,3-5,7-8H2,1-2H3;5-13H,1-4H3;1-2H3;2*1H;/q2*-1;;;;+2/p-2. The maximum atomic E-state index is 2.47. The Bertz CT molecular complexity index is 1940. The maximum Gasteiger partial charge on any atom is -0.0132 e. The predicted molar refractivity (Wildman–Crippen MR) is 211 cm³/mol. The molecule has 0 bridgehead atoms. The molecule has 7 rings (SSSR count). The van der Waals surface area contributed by atoms with E-state index in [0.717, 1.165) is 5.92 Å². The van der Waals surface area contributed by atoms with Crippen LogP contribution >= 0.6 is 0 Å². The van der Waals surface area contributed by atoms with E-state index in [2.05, 4.69) is 164 Å². The molecule has 1 saturated carbocycles. The molecule has 6 aromatic carbocycles. The van der Waals surface area contributed by atoms with Gasteiger partial charge in [-0.2, -0.15) is 12.1 Å². The van der Waals surface area contributed by atoms with Gasteiger partial charge in [0.1, 0.15) is 0 Å². The smallest absolute Gasteiger partial charge is 0.0132 e. The van der Waals surface area contributed by atoms with Crippen molar-refractivity contribution < 1.29 is 48.1 Å². The summed E-state index contributed by atoms with van der Waals surface area (Å²) in [5, 5.41) is 5.52. The minimum absolute atomic E-state index is 0. The number of hydrogen-bond acceptors (Lipinski definition) is 0. The van der Waals surface area contributed by atoms with Crippen molar-refractivity contribution in [3.05, 3.63) is 131 Å². The number of benzene rings is 4. The van der Waals surface area contributed by atoms with Crippen molar-refractivity contribution in [1.29, 1.82) is 0 Å². The fourth-order valence-electron chi connectivity index (χ4n) is 7.01. The fourth-order valence-corrected chi connectivity index (χ4v) is 7.01. The topological polar surface area (TPSA) is 0 Å². The second-order valence-electron chi connectivity index (χ2n) is 15.4. The first kappa shape index (κ1) is 42.2. The van der Waals surface area contributed by atoms with Crippen LogP contribution in [0.3, 0.4) is 0 Å². The average Bonchev–Trinajstić information content (AvgIpc) is 3.68. The van der Waals surface area contributed by atoms with Crippen LogP contribution in [0.15, 0.2) is 109 Å². The molecule has 0 spiro atoms. The van der Waals surface area contributed by atoms with Crippen LogP contribution in [0.4, 0.5) is 0 Å². The number of halogens is 2. The molecular weight excluding hydrogens is 743 g/mol. The molecule has 0 atom stereocenters. The van der Waals surface area contributed by atoms with Crippen molar-refractivity contribution in [2.45, 2.75) is 104 Å². The maximum absolute atomic E-state index is 2.47. The van der Waals surface area contributed by atoms with Gasteiger partial charge >= 0.3 is 41.9 Å². The van der Waals surface area contributed by atoms with Crippen LogP contribution in [0.25, 0.3) is 43.8 Å². The van der Waals surface area contributed by atoms with E-state index < -0.39 is 0 Å². The Morgan fingerprint density at radius 2 is 1.16 bits per heavy atom. The summed E-state index contributed by atoms with van der Waals surface area (Å²) in [5.74, 6) is 1.37. The molecule has 1 aliphatic carbocycles. The van der Waals surface area contributed by atoms with E-state index >= 15 is 0 Å². The zero-order chi connectivity index (χ0) is 34.4. The van der Waals surface area contributed by atoms with Crippen molar-refractivity contribution in [2.24, 2.45) is 0 Å². The summed E-state index contributed by atoms with van der Waals surface area (Å²) in [4.78, 5) is 0. The van der Waals surface area contributed by atoms with Crippen LogP contribution < -0.4 is 24.8 Å². The van der Waals surface area contributed by atoms with Crippen LogP contribution in [0.5, 0.6) is 0 Å². The van der Waals surface area contributed by atoms with Crippen LogP contribution in [-0.4, -0.2) is 5.43 Å². The molecule has 6 aromatic rings. The van der Waals surface area contributed by atoms with Gasteiger partial charge in [-0.05, 0) is 52.3 Å². The van der Waals surface area contributed by atoms with Gasteiger partial charge in [0.25, 0.3) is 0 Å². The minimum atomic E-state index is 0. The van der Waals surface area contributed by atoms with E-state index in [-0.39, 0.29) is 35.7 Å². The summed E-state index contributed by atoms with van der Waals surface area (Å²) in [6.07, 6.45) is 6.96. The van der Waals surface area contributed by atoms with Gasteiger partial charge in [-0.3, -0.25) is 0 Å². The zero-order valence-electron chi connectivity index (χ0n) is 31.3. The molecule has 0 unspecified atom stereocenters. The molecule has 0 aromatic heterocycles. The van der Waals surface area contributed by atoms with Gasteiger partial charge in [0.2, 0.25) is 0 Å². The summed E-state index contributed by atoms with van der Waals surface area (Å²) in [5.41, 5.74) is 11.5. The molecule has 0 amide bonds. The van der Waals surface area contributed by atoms with Gasteiger partial charge in [0.15, 0.2) is 0 Å². The van der Waals surface area contributed by atoms with Gasteiger partial charge in [0, 0.05) is 0 Å². The molecule has 0 N–H and O–H groups in total. The van der Waals surface area contributed by atoms with Crippen molar-refractivity contribution in [3.8, 4) is 22.3 Å². The summed E-state index contributed by atoms with van der Waals surface area (Å²) < 4.78 is 0. The van der Waals surface area contributed by atoms with E-state index in [9.17, 15) is 0 Å². The van der Waals surface area contributed by atoms with Gasteiger partial charge in [-0.15, -0.1) is 69.1 Å². The summed E-state index contributed by atoms with van der Waals surface area (Å²) in [7, 11) is 0. The largest absolute Gasteiger partial charge is 1.00 e. The van der Waals surface area contributed by atoms with Gasteiger partial charge < -0.3 is 24.8 Å². The van der Waals surface area contributed by atoms with E-state index in [1.807, 2.05) is 0 Å². The van der Waals surface area contributed by atoms with Crippen LogP contribution in [0, 0.1) is 6.92 Å². The van der Waals surface area contributed by atoms with E-state index in [4.69, 9.17) is 0 Å². The molecule has 262 valence electrons. The van der Waals surface area contributed by atoms with Crippen molar-refractivity contribution >= 4 is 27.0 Å². The Balaban J connectivity index is 0.000000239. The molecule has 1 fully saturated rings. The Kier molecular flexibility index (Phi) is 16.1. The third kappa shape index (κ3) is 10.9. The van der Waals surface area contributed by atoms with Crippen LogP contribution in [0.2, 0.25) is 13.1 Å². The Hall–Kier alpha value is -2.22. The van der Waals surface area contributed by atoms with Crippen LogP contribution in [-0.2, 0) is 28.8 Å². The first-order chi connectivity index (χ1) is 22.9. The molecule has 0 aliphatic heterocycles. The van der Waals surface area contributed by atoms with Crippen molar-refractivity contribution in [1.82, 2.24) is 0 Å².